The van der Waals surface area contributed by atoms with E-state index in [2.05, 4.69) is 65.2 Å². The van der Waals surface area contributed by atoms with Gasteiger partial charge in [-0.25, -0.2) is 4.98 Å². The number of benzene rings is 1. The first-order valence-electron chi connectivity index (χ1n) is 7.44. The first-order valence-corrected chi connectivity index (χ1v) is 7.44. The van der Waals surface area contributed by atoms with Crippen LogP contribution in [-0.2, 0) is 13.0 Å². The predicted molar refractivity (Wildman–Crippen MR) is 86.6 cm³/mol. The van der Waals surface area contributed by atoms with Gasteiger partial charge in [0.2, 0.25) is 5.95 Å². The Balaban J connectivity index is 1.81. The minimum Gasteiger partial charge on any atom is -0.365 e. The fourth-order valence-electron chi connectivity index (χ4n) is 2.62. The van der Waals surface area contributed by atoms with Crippen LogP contribution in [0.2, 0.25) is 0 Å². The lowest BCUT2D eigenvalue weighted by atomic mass is 10.0. The Morgan fingerprint density at radius 1 is 1.10 bits per heavy atom. The summed E-state index contributed by atoms with van der Waals surface area (Å²) in [6.07, 6.45) is 2.88. The van der Waals surface area contributed by atoms with E-state index in [1.165, 1.54) is 11.1 Å². The molecule has 1 aromatic heterocycles. The molecule has 0 aliphatic carbocycles. The number of nitrogens with zero attached hydrogens (tertiary/aromatic N) is 3. The third-order valence-electron chi connectivity index (χ3n) is 3.56. The first kappa shape index (κ1) is 13.9. The molecule has 0 fully saturated rings. The number of rotatable bonds is 2. The van der Waals surface area contributed by atoms with Gasteiger partial charge in [-0.15, -0.1) is 0 Å². The van der Waals surface area contributed by atoms with Crippen molar-refractivity contribution in [2.75, 3.05) is 16.8 Å². The molecule has 110 valence electrons. The van der Waals surface area contributed by atoms with E-state index >= 15 is 0 Å². The van der Waals surface area contributed by atoms with Gasteiger partial charge in [-0.3, -0.25) is 0 Å². The minimum absolute atomic E-state index is 0.000120. The van der Waals surface area contributed by atoms with Gasteiger partial charge in [0.15, 0.2) is 0 Å². The number of nitrogens with one attached hydrogen (secondary N) is 1. The third-order valence-corrected chi connectivity index (χ3v) is 3.56. The molecule has 2 aromatic rings. The summed E-state index contributed by atoms with van der Waals surface area (Å²) >= 11 is 0. The lowest BCUT2D eigenvalue weighted by Gasteiger charge is -2.29. The van der Waals surface area contributed by atoms with Crippen molar-refractivity contribution in [3.8, 4) is 0 Å². The lowest BCUT2D eigenvalue weighted by molar-refractivity contribution is 0.628. The Morgan fingerprint density at radius 3 is 2.62 bits per heavy atom. The SMILES string of the molecule is CC(C)(C)Nc1ccnc(N2CCc3ccccc3C2)n1. The molecule has 4 nitrogen and oxygen atoms in total. The Morgan fingerprint density at radius 2 is 1.86 bits per heavy atom. The number of hydrogen-bond acceptors (Lipinski definition) is 4. The van der Waals surface area contributed by atoms with Gasteiger partial charge in [-0.05, 0) is 44.4 Å². The van der Waals surface area contributed by atoms with Gasteiger partial charge in [-0.2, -0.15) is 4.98 Å². The van der Waals surface area contributed by atoms with E-state index in [0.29, 0.717) is 0 Å². The molecular weight excluding hydrogens is 260 g/mol. The molecular formula is C17H22N4. The maximum Gasteiger partial charge on any atom is 0.227 e. The van der Waals surface area contributed by atoms with Crippen LogP contribution in [0.4, 0.5) is 11.8 Å². The van der Waals surface area contributed by atoms with Gasteiger partial charge in [-0.1, -0.05) is 24.3 Å². The van der Waals surface area contributed by atoms with Crippen molar-refractivity contribution in [3.63, 3.8) is 0 Å². The molecule has 1 aliphatic heterocycles. The Bertz CT molecular complexity index is 631. The van der Waals surface area contributed by atoms with Gasteiger partial charge in [0.25, 0.3) is 0 Å². The Hall–Kier alpha value is -2.10. The highest BCUT2D eigenvalue weighted by Crippen LogP contribution is 2.23. The molecule has 2 heterocycles. The molecule has 4 heteroatoms. The summed E-state index contributed by atoms with van der Waals surface area (Å²) in [5, 5.41) is 3.40. The van der Waals surface area contributed by atoms with Gasteiger partial charge in [0, 0.05) is 24.8 Å². The summed E-state index contributed by atoms with van der Waals surface area (Å²) in [5.41, 5.74) is 2.82. The summed E-state index contributed by atoms with van der Waals surface area (Å²) in [7, 11) is 0. The van der Waals surface area contributed by atoms with E-state index in [0.717, 1.165) is 31.3 Å². The summed E-state index contributed by atoms with van der Waals surface area (Å²) in [6.45, 7) is 8.24. The van der Waals surface area contributed by atoms with Crippen LogP contribution >= 0.6 is 0 Å². The molecule has 1 aromatic carbocycles. The number of fused-ring (bicyclic) bond motifs is 1. The third kappa shape index (κ3) is 3.32. The normalized spacial score (nSPS) is 14.7. The molecule has 0 unspecified atom stereocenters. The number of aromatic nitrogens is 2. The fraction of sp³-hybridized carbons (Fsp3) is 0.412. The van der Waals surface area contributed by atoms with Crippen molar-refractivity contribution in [1.29, 1.82) is 0 Å². The summed E-state index contributed by atoms with van der Waals surface area (Å²) < 4.78 is 0. The van der Waals surface area contributed by atoms with Crippen LogP contribution in [0.1, 0.15) is 31.9 Å². The van der Waals surface area contributed by atoms with E-state index in [4.69, 9.17) is 0 Å². The molecule has 1 N–H and O–H groups in total. The zero-order chi connectivity index (χ0) is 14.9. The molecule has 21 heavy (non-hydrogen) atoms. The second-order valence-corrected chi connectivity index (χ2v) is 6.56. The number of anilines is 2. The molecule has 0 radical (unpaired) electrons. The van der Waals surface area contributed by atoms with Crippen molar-refractivity contribution in [2.24, 2.45) is 0 Å². The second kappa shape index (κ2) is 5.35. The standard InChI is InChI=1S/C17H22N4/c1-17(2,3)20-15-8-10-18-16(19-15)21-11-9-13-6-4-5-7-14(13)12-21/h4-8,10H,9,11-12H2,1-3H3,(H,18,19,20). The van der Waals surface area contributed by atoms with Crippen LogP contribution in [-0.4, -0.2) is 22.1 Å². The molecule has 0 amide bonds. The van der Waals surface area contributed by atoms with Crippen LogP contribution < -0.4 is 10.2 Å². The molecule has 0 spiro atoms. The molecule has 3 rings (SSSR count). The van der Waals surface area contributed by atoms with Gasteiger partial charge >= 0.3 is 0 Å². The van der Waals surface area contributed by atoms with Gasteiger partial charge in [0.05, 0.1) is 0 Å². The smallest absolute Gasteiger partial charge is 0.227 e. The molecule has 0 atom stereocenters. The summed E-state index contributed by atoms with van der Waals surface area (Å²) in [5.74, 6) is 1.69. The zero-order valence-corrected chi connectivity index (χ0v) is 12.9. The van der Waals surface area contributed by atoms with E-state index in [1.54, 1.807) is 0 Å². The van der Waals surface area contributed by atoms with Crippen molar-refractivity contribution < 1.29 is 0 Å². The second-order valence-electron chi connectivity index (χ2n) is 6.56. The highest BCUT2D eigenvalue weighted by molar-refractivity contribution is 5.45. The monoisotopic (exact) mass is 282 g/mol. The summed E-state index contributed by atoms with van der Waals surface area (Å²) in [4.78, 5) is 11.3. The van der Waals surface area contributed by atoms with Gasteiger partial charge < -0.3 is 10.2 Å². The highest BCUT2D eigenvalue weighted by atomic mass is 15.3. The van der Waals surface area contributed by atoms with Crippen LogP contribution in [0, 0.1) is 0 Å². The van der Waals surface area contributed by atoms with E-state index in [1.807, 2.05) is 12.3 Å². The van der Waals surface area contributed by atoms with E-state index in [-0.39, 0.29) is 5.54 Å². The minimum atomic E-state index is 0.000120. The number of hydrogen-bond donors (Lipinski definition) is 1. The van der Waals surface area contributed by atoms with Crippen molar-refractivity contribution in [3.05, 3.63) is 47.7 Å². The average Bonchev–Trinajstić information content (AvgIpc) is 2.45. The molecule has 0 saturated heterocycles. The van der Waals surface area contributed by atoms with Gasteiger partial charge in [0.1, 0.15) is 5.82 Å². The quantitative estimate of drug-likeness (QED) is 0.918. The molecule has 0 saturated carbocycles. The van der Waals surface area contributed by atoms with Crippen LogP contribution in [0.3, 0.4) is 0 Å². The van der Waals surface area contributed by atoms with Crippen LogP contribution in [0.25, 0.3) is 0 Å². The van der Waals surface area contributed by atoms with E-state index in [9.17, 15) is 0 Å². The molecule has 1 aliphatic rings. The van der Waals surface area contributed by atoms with Crippen LogP contribution in [0.5, 0.6) is 0 Å². The van der Waals surface area contributed by atoms with Crippen molar-refractivity contribution in [1.82, 2.24) is 9.97 Å². The molecule has 0 bridgehead atoms. The van der Waals surface area contributed by atoms with Crippen molar-refractivity contribution in [2.45, 2.75) is 39.3 Å². The first-order chi connectivity index (χ1) is 10.0. The van der Waals surface area contributed by atoms with Crippen molar-refractivity contribution >= 4 is 11.8 Å². The van der Waals surface area contributed by atoms with Crippen LogP contribution in [0.15, 0.2) is 36.5 Å². The summed E-state index contributed by atoms with van der Waals surface area (Å²) in [6, 6.07) is 10.5. The predicted octanol–water partition coefficient (Wildman–Crippen LogP) is 3.25. The maximum absolute atomic E-state index is 4.66. The Labute approximate surface area is 126 Å². The topological polar surface area (TPSA) is 41.1 Å². The zero-order valence-electron chi connectivity index (χ0n) is 12.9. The lowest BCUT2D eigenvalue weighted by Crippen LogP contribution is -2.32. The maximum atomic E-state index is 4.66. The Kier molecular flexibility index (Phi) is 3.53. The largest absolute Gasteiger partial charge is 0.365 e. The van der Waals surface area contributed by atoms with E-state index < -0.39 is 0 Å². The average molecular weight is 282 g/mol. The fourth-order valence-corrected chi connectivity index (χ4v) is 2.62. The highest BCUT2D eigenvalue weighted by Gasteiger charge is 2.19.